The highest BCUT2D eigenvalue weighted by Gasteiger charge is 2.09. The highest BCUT2D eigenvalue weighted by Crippen LogP contribution is 2.15. The first-order chi connectivity index (χ1) is 8.61. The first-order valence-electron chi connectivity index (χ1n) is 6.67. The van der Waals surface area contributed by atoms with Gasteiger partial charge in [-0.05, 0) is 42.3 Å². The summed E-state index contributed by atoms with van der Waals surface area (Å²) in [5.41, 5.74) is 1.32. The molecular weight excluding hydrogens is 262 g/mol. The summed E-state index contributed by atoms with van der Waals surface area (Å²) in [5.74, 6) is 3.17. The van der Waals surface area contributed by atoms with Gasteiger partial charge in [0.15, 0.2) is 0 Å². The Kier molecular flexibility index (Phi) is 7.80. The van der Waals surface area contributed by atoms with Crippen LogP contribution in [0.15, 0.2) is 24.3 Å². The van der Waals surface area contributed by atoms with Gasteiger partial charge in [-0.2, -0.15) is 11.8 Å². The fourth-order valence-corrected chi connectivity index (χ4v) is 3.21. The van der Waals surface area contributed by atoms with Crippen molar-refractivity contribution in [3.05, 3.63) is 34.9 Å². The van der Waals surface area contributed by atoms with Crippen LogP contribution < -0.4 is 5.32 Å². The third kappa shape index (κ3) is 6.67. The van der Waals surface area contributed by atoms with E-state index in [1.807, 2.05) is 23.9 Å². The van der Waals surface area contributed by atoms with Crippen LogP contribution in [0.3, 0.4) is 0 Å². The van der Waals surface area contributed by atoms with Crippen molar-refractivity contribution in [2.45, 2.75) is 33.2 Å². The number of thioether (sulfide) groups is 1. The topological polar surface area (TPSA) is 12.0 Å². The van der Waals surface area contributed by atoms with Crippen molar-refractivity contribution >= 4 is 23.4 Å². The van der Waals surface area contributed by atoms with E-state index in [4.69, 9.17) is 11.6 Å². The lowest BCUT2D eigenvalue weighted by molar-refractivity contribution is 0.572. The molecule has 0 amide bonds. The molecule has 1 unspecified atom stereocenters. The van der Waals surface area contributed by atoms with Crippen molar-refractivity contribution in [2.24, 2.45) is 5.92 Å². The van der Waals surface area contributed by atoms with Crippen molar-refractivity contribution < 1.29 is 0 Å². The number of halogens is 1. The van der Waals surface area contributed by atoms with Crippen LogP contribution in [0, 0.1) is 5.92 Å². The van der Waals surface area contributed by atoms with E-state index in [1.54, 1.807) is 0 Å². The second-order valence-electron chi connectivity index (χ2n) is 5.02. The molecule has 0 aliphatic heterocycles. The van der Waals surface area contributed by atoms with E-state index in [2.05, 4.69) is 38.2 Å². The molecule has 3 heteroatoms. The molecule has 0 aliphatic carbocycles. The number of likely N-dealkylation sites (N-methyl/N-ethyl adjacent to an activating group) is 1. The lowest BCUT2D eigenvalue weighted by Crippen LogP contribution is -2.33. The molecule has 1 aromatic rings. The van der Waals surface area contributed by atoms with Gasteiger partial charge in [0, 0.05) is 16.8 Å². The maximum absolute atomic E-state index is 6.03. The molecule has 0 saturated carbocycles. The zero-order valence-corrected chi connectivity index (χ0v) is 13.2. The molecular formula is C15H24ClNS. The fraction of sp³-hybridized carbons (Fsp3) is 0.600. The van der Waals surface area contributed by atoms with Gasteiger partial charge in [-0.15, -0.1) is 0 Å². The molecule has 1 aromatic carbocycles. The summed E-state index contributed by atoms with van der Waals surface area (Å²) < 4.78 is 0. The zero-order chi connectivity index (χ0) is 13.4. The molecule has 0 bridgehead atoms. The van der Waals surface area contributed by atoms with Crippen LogP contribution >= 0.6 is 23.4 Å². The molecule has 0 aromatic heterocycles. The van der Waals surface area contributed by atoms with Crippen LogP contribution in [0.2, 0.25) is 5.02 Å². The molecule has 0 saturated heterocycles. The first kappa shape index (κ1) is 15.9. The fourth-order valence-electron chi connectivity index (χ4n) is 1.87. The molecule has 0 fully saturated rings. The minimum atomic E-state index is 0.539. The van der Waals surface area contributed by atoms with E-state index >= 15 is 0 Å². The molecule has 1 N–H and O–H groups in total. The van der Waals surface area contributed by atoms with Gasteiger partial charge in [0.05, 0.1) is 0 Å². The summed E-state index contributed by atoms with van der Waals surface area (Å²) in [5, 5.41) is 4.39. The van der Waals surface area contributed by atoms with Gasteiger partial charge in [0.25, 0.3) is 0 Å². The van der Waals surface area contributed by atoms with Crippen molar-refractivity contribution in [3.63, 3.8) is 0 Å². The Hall–Kier alpha value is -0.180. The molecule has 0 heterocycles. The Morgan fingerprint density at radius 1 is 1.28 bits per heavy atom. The van der Waals surface area contributed by atoms with Crippen molar-refractivity contribution in [1.29, 1.82) is 0 Å². The summed E-state index contributed by atoms with van der Waals surface area (Å²) in [6.07, 6.45) is 1.06. The summed E-state index contributed by atoms with van der Waals surface area (Å²) in [6, 6.07) is 8.72. The van der Waals surface area contributed by atoms with Gasteiger partial charge in [0.1, 0.15) is 0 Å². The van der Waals surface area contributed by atoms with Crippen LogP contribution in [-0.2, 0) is 6.42 Å². The minimum Gasteiger partial charge on any atom is -0.313 e. The molecule has 102 valence electrons. The van der Waals surface area contributed by atoms with Crippen LogP contribution in [0.4, 0.5) is 0 Å². The predicted molar refractivity (Wildman–Crippen MR) is 84.8 cm³/mol. The van der Waals surface area contributed by atoms with Crippen molar-refractivity contribution in [3.8, 4) is 0 Å². The molecule has 0 radical (unpaired) electrons. The summed E-state index contributed by atoms with van der Waals surface area (Å²) >= 11 is 8.06. The molecule has 18 heavy (non-hydrogen) atoms. The monoisotopic (exact) mass is 285 g/mol. The second-order valence-corrected chi connectivity index (χ2v) is 6.53. The Morgan fingerprint density at radius 3 is 2.67 bits per heavy atom. The normalized spacial score (nSPS) is 12.9. The largest absolute Gasteiger partial charge is 0.313 e. The number of benzene rings is 1. The standard InChI is InChI=1S/C15H24ClNS/c1-4-17-15(11-18-10-12(2)3)9-13-6-5-7-14(16)8-13/h5-8,12,15,17H,4,9-11H2,1-3H3. The van der Waals surface area contributed by atoms with Crippen molar-refractivity contribution in [1.82, 2.24) is 5.32 Å². The Labute approximate surface area is 121 Å². The van der Waals surface area contributed by atoms with Gasteiger partial charge in [0.2, 0.25) is 0 Å². The first-order valence-corrected chi connectivity index (χ1v) is 8.20. The summed E-state index contributed by atoms with van der Waals surface area (Å²) in [7, 11) is 0. The van der Waals surface area contributed by atoms with Gasteiger partial charge >= 0.3 is 0 Å². The Morgan fingerprint density at radius 2 is 2.06 bits per heavy atom. The molecule has 0 aliphatic rings. The predicted octanol–water partition coefficient (Wildman–Crippen LogP) is 4.25. The van der Waals surface area contributed by atoms with Gasteiger partial charge in [-0.3, -0.25) is 0 Å². The van der Waals surface area contributed by atoms with Crippen LogP contribution in [0.1, 0.15) is 26.3 Å². The zero-order valence-electron chi connectivity index (χ0n) is 11.6. The number of nitrogens with one attached hydrogen (secondary N) is 1. The average molecular weight is 286 g/mol. The third-order valence-electron chi connectivity index (χ3n) is 2.63. The van der Waals surface area contributed by atoms with Crippen molar-refractivity contribution in [2.75, 3.05) is 18.1 Å². The maximum atomic E-state index is 6.03. The third-order valence-corrected chi connectivity index (χ3v) is 4.41. The quantitative estimate of drug-likeness (QED) is 0.766. The highest BCUT2D eigenvalue weighted by molar-refractivity contribution is 7.99. The SMILES string of the molecule is CCNC(CSCC(C)C)Cc1cccc(Cl)c1. The lowest BCUT2D eigenvalue weighted by Gasteiger charge is -2.18. The van der Waals surface area contributed by atoms with Gasteiger partial charge in [-0.1, -0.05) is 44.5 Å². The van der Waals surface area contributed by atoms with E-state index in [9.17, 15) is 0 Å². The average Bonchev–Trinajstić information content (AvgIpc) is 2.28. The smallest absolute Gasteiger partial charge is 0.0408 e. The summed E-state index contributed by atoms with van der Waals surface area (Å²) in [6.45, 7) is 7.73. The second kappa shape index (κ2) is 8.84. The van der Waals surface area contributed by atoms with Crippen LogP contribution in [-0.4, -0.2) is 24.1 Å². The van der Waals surface area contributed by atoms with Crippen LogP contribution in [0.25, 0.3) is 0 Å². The molecule has 1 nitrogen and oxygen atoms in total. The van der Waals surface area contributed by atoms with Gasteiger partial charge in [-0.25, -0.2) is 0 Å². The maximum Gasteiger partial charge on any atom is 0.0408 e. The van der Waals surface area contributed by atoms with E-state index in [-0.39, 0.29) is 0 Å². The van der Waals surface area contributed by atoms with E-state index in [0.717, 1.165) is 23.9 Å². The lowest BCUT2D eigenvalue weighted by atomic mass is 10.1. The van der Waals surface area contributed by atoms with E-state index in [0.29, 0.717) is 6.04 Å². The number of hydrogen-bond donors (Lipinski definition) is 1. The number of hydrogen-bond acceptors (Lipinski definition) is 2. The van der Waals surface area contributed by atoms with Crippen LogP contribution in [0.5, 0.6) is 0 Å². The summed E-state index contributed by atoms with van der Waals surface area (Å²) in [4.78, 5) is 0. The highest BCUT2D eigenvalue weighted by atomic mass is 35.5. The minimum absolute atomic E-state index is 0.539. The van der Waals surface area contributed by atoms with E-state index < -0.39 is 0 Å². The van der Waals surface area contributed by atoms with E-state index in [1.165, 1.54) is 17.1 Å². The molecule has 1 atom stereocenters. The Balaban J connectivity index is 2.46. The van der Waals surface area contributed by atoms with Gasteiger partial charge < -0.3 is 5.32 Å². The Bertz CT molecular complexity index is 341. The molecule has 0 spiro atoms. The number of rotatable bonds is 8. The molecule has 1 rings (SSSR count).